The number of halogens is 1. The van der Waals surface area contributed by atoms with Crippen LogP contribution in [-0.2, 0) is 0 Å². The molecule has 1 aromatic rings. The molecule has 2 unspecified atom stereocenters. The van der Waals surface area contributed by atoms with Gasteiger partial charge in [-0.25, -0.2) is 4.39 Å². The summed E-state index contributed by atoms with van der Waals surface area (Å²) in [5, 5.41) is 3.59. The average Bonchev–Trinajstić information content (AvgIpc) is 2.77. The number of likely N-dealkylation sites (tertiary alicyclic amines) is 1. The van der Waals surface area contributed by atoms with E-state index in [-0.39, 0.29) is 5.82 Å². The highest BCUT2D eigenvalue weighted by Crippen LogP contribution is 2.45. The molecule has 0 aliphatic carbocycles. The molecule has 0 aromatic heterocycles. The second-order valence-electron chi connectivity index (χ2n) is 6.06. The fourth-order valence-electron chi connectivity index (χ4n) is 3.77. The number of rotatable bonds is 2. The van der Waals surface area contributed by atoms with Gasteiger partial charge in [0, 0.05) is 17.6 Å². The Morgan fingerprint density at radius 1 is 1.32 bits per heavy atom. The fraction of sp³-hybridized carbons (Fsp3) is 0.625. The van der Waals surface area contributed by atoms with Crippen molar-refractivity contribution in [1.82, 2.24) is 4.90 Å². The van der Waals surface area contributed by atoms with Gasteiger partial charge in [-0.1, -0.05) is 6.92 Å². The molecule has 0 bridgehead atoms. The van der Waals surface area contributed by atoms with Crippen molar-refractivity contribution >= 4 is 5.69 Å². The quantitative estimate of drug-likeness (QED) is 0.878. The average molecular weight is 262 g/mol. The topological polar surface area (TPSA) is 15.3 Å². The van der Waals surface area contributed by atoms with Crippen molar-refractivity contribution in [3.63, 3.8) is 0 Å². The summed E-state index contributed by atoms with van der Waals surface area (Å²) < 4.78 is 13.6. The lowest BCUT2D eigenvalue weighted by Crippen LogP contribution is -2.35. The molecule has 2 aliphatic rings. The molecule has 0 amide bonds. The van der Waals surface area contributed by atoms with E-state index in [0.717, 1.165) is 12.1 Å². The second kappa shape index (κ2) is 5.12. The van der Waals surface area contributed by atoms with Crippen molar-refractivity contribution in [2.45, 2.75) is 38.1 Å². The molecule has 2 nitrogen and oxygen atoms in total. The standard InChI is InChI=1S/C16H23FN2/c1-3-14-16(11-6-8-19(2)9-7-11)13-10-12(17)4-5-15(13)18-14/h4-5,10-11,14,16,18H,3,6-9H2,1-2H3. The van der Waals surface area contributed by atoms with Gasteiger partial charge < -0.3 is 10.2 Å². The molecular formula is C16H23FN2. The first-order valence-electron chi connectivity index (χ1n) is 7.43. The van der Waals surface area contributed by atoms with Crippen molar-refractivity contribution in [2.24, 2.45) is 5.92 Å². The van der Waals surface area contributed by atoms with Crippen molar-refractivity contribution in [2.75, 3.05) is 25.5 Å². The number of piperidine rings is 1. The molecule has 1 aromatic carbocycles. The second-order valence-corrected chi connectivity index (χ2v) is 6.06. The summed E-state index contributed by atoms with van der Waals surface area (Å²) in [6.07, 6.45) is 3.57. The summed E-state index contributed by atoms with van der Waals surface area (Å²) in [4.78, 5) is 2.40. The Labute approximate surface area is 115 Å². The van der Waals surface area contributed by atoms with Crippen molar-refractivity contribution in [1.29, 1.82) is 0 Å². The molecule has 3 rings (SSSR count). The predicted molar refractivity (Wildman–Crippen MR) is 77.1 cm³/mol. The van der Waals surface area contributed by atoms with Gasteiger partial charge in [-0.2, -0.15) is 0 Å². The Balaban J connectivity index is 1.88. The smallest absolute Gasteiger partial charge is 0.123 e. The maximum absolute atomic E-state index is 13.6. The van der Waals surface area contributed by atoms with E-state index in [1.807, 2.05) is 6.07 Å². The van der Waals surface area contributed by atoms with E-state index in [9.17, 15) is 4.39 Å². The number of fused-ring (bicyclic) bond motifs is 1. The largest absolute Gasteiger partial charge is 0.381 e. The van der Waals surface area contributed by atoms with Crippen molar-refractivity contribution in [3.8, 4) is 0 Å². The van der Waals surface area contributed by atoms with Crippen LogP contribution >= 0.6 is 0 Å². The van der Waals surface area contributed by atoms with Crippen LogP contribution in [0.2, 0.25) is 0 Å². The summed E-state index contributed by atoms with van der Waals surface area (Å²) >= 11 is 0. The molecule has 0 radical (unpaired) electrons. The normalized spacial score (nSPS) is 28.2. The SMILES string of the molecule is CCC1Nc2ccc(F)cc2C1C1CCN(C)CC1. The molecule has 3 heteroatoms. The summed E-state index contributed by atoms with van der Waals surface area (Å²) in [7, 11) is 2.19. The van der Waals surface area contributed by atoms with Crippen LogP contribution in [0.15, 0.2) is 18.2 Å². The molecule has 0 saturated carbocycles. The van der Waals surface area contributed by atoms with Crippen LogP contribution in [0.4, 0.5) is 10.1 Å². The zero-order valence-electron chi connectivity index (χ0n) is 11.8. The molecule has 0 spiro atoms. The summed E-state index contributed by atoms with van der Waals surface area (Å²) in [5.74, 6) is 1.08. The molecule has 1 fully saturated rings. The van der Waals surface area contributed by atoms with Crippen LogP contribution in [0.5, 0.6) is 0 Å². The summed E-state index contributed by atoms with van der Waals surface area (Å²) in [6.45, 7) is 4.56. The summed E-state index contributed by atoms with van der Waals surface area (Å²) in [5.41, 5.74) is 2.36. The van der Waals surface area contributed by atoms with Gasteiger partial charge in [-0.15, -0.1) is 0 Å². The molecule has 19 heavy (non-hydrogen) atoms. The van der Waals surface area contributed by atoms with E-state index in [4.69, 9.17) is 0 Å². The highest BCUT2D eigenvalue weighted by Gasteiger charge is 2.37. The van der Waals surface area contributed by atoms with Crippen LogP contribution in [-0.4, -0.2) is 31.1 Å². The van der Waals surface area contributed by atoms with Gasteiger partial charge in [0.15, 0.2) is 0 Å². The van der Waals surface area contributed by atoms with Gasteiger partial charge in [0.05, 0.1) is 0 Å². The van der Waals surface area contributed by atoms with E-state index in [1.165, 1.54) is 31.5 Å². The molecular weight excluding hydrogens is 239 g/mol. The first-order valence-corrected chi connectivity index (χ1v) is 7.43. The molecule has 104 valence electrons. The van der Waals surface area contributed by atoms with Crippen LogP contribution in [0, 0.1) is 11.7 Å². The lowest BCUT2D eigenvalue weighted by Gasteiger charge is -2.35. The number of hydrogen-bond donors (Lipinski definition) is 1. The Morgan fingerprint density at radius 2 is 2.05 bits per heavy atom. The third kappa shape index (κ3) is 2.36. The number of nitrogens with one attached hydrogen (secondary N) is 1. The van der Waals surface area contributed by atoms with Crippen LogP contribution in [0.25, 0.3) is 0 Å². The van der Waals surface area contributed by atoms with E-state index >= 15 is 0 Å². The van der Waals surface area contributed by atoms with Gasteiger partial charge in [-0.05, 0) is 69.1 Å². The number of nitrogens with zero attached hydrogens (tertiary/aromatic N) is 1. The first-order chi connectivity index (χ1) is 9.19. The van der Waals surface area contributed by atoms with Crippen molar-refractivity contribution < 1.29 is 4.39 Å². The number of anilines is 1. The Morgan fingerprint density at radius 3 is 2.74 bits per heavy atom. The highest BCUT2D eigenvalue weighted by molar-refractivity contribution is 5.59. The lowest BCUT2D eigenvalue weighted by molar-refractivity contribution is 0.192. The summed E-state index contributed by atoms with van der Waals surface area (Å²) in [6, 6.07) is 5.70. The molecule has 1 saturated heterocycles. The van der Waals surface area contributed by atoms with E-state index in [0.29, 0.717) is 17.9 Å². The molecule has 2 atom stereocenters. The van der Waals surface area contributed by atoms with E-state index < -0.39 is 0 Å². The van der Waals surface area contributed by atoms with Crippen LogP contribution in [0.3, 0.4) is 0 Å². The van der Waals surface area contributed by atoms with Crippen molar-refractivity contribution in [3.05, 3.63) is 29.6 Å². The minimum atomic E-state index is -0.102. The highest BCUT2D eigenvalue weighted by atomic mass is 19.1. The minimum Gasteiger partial charge on any atom is -0.381 e. The third-order valence-electron chi connectivity index (χ3n) is 4.86. The van der Waals surface area contributed by atoms with Crippen LogP contribution in [0.1, 0.15) is 37.7 Å². The van der Waals surface area contributed by atoms with Crippen LogP contribution < -0.4 is 5.32 Å². The Kier molecular flexibility index (Phi) is 3.48. The van der Waals surface area contributed by atoms with Gasteiger partial charge in [-0.3, -0.25) is 0 Å². The Hall–Kier alpha value is -1.09. The van der Waals surface area contributed by atoms with E-state index in [2.05, 4.69) is 24.2 Å². The van der Waals surface area contributed by atoms with Gasteiger partial charge in [0.25, 0.3) is 0 Å². The maximum Gasteiger partial charge on any atom is 0.123 e. The van der Waals surface area contributed by atoms with Gasteiger partial charge in [0.2, 0.25) is 0 Å². The lowest BCUT2D eigenvalue weighted by atomic mass is 9.77. The number of hydrogen-bond acceptors (Lipinski definition) is 2. The van der Waals surface area contributed by atoms with Gasteiger partial charge >= 0.3 is 0 Å². The molecule has 2 heterocycles. The van der Waals surface area contributed by atoms with Gasteiger partial charge in [0.1, 0.15) is 5.82 Å². The fourth-order valence-corrected chi connectivity index (χ4v) is 3.77. The maximum atomic E-state index is 13.6. The zero-order valence-corrected chi connectivity index (χ0v) is 11.8. The number of benzene rings is 1. The predicted octanol–water partition coefficient (Wildman–Crippen LogP) is 3.46. The first kappa shape index (κ1) is 12.9. The third-order valence-corrected chi connectivity index (χ3v) is 4.86. The monoisotopic (exact) mass is 262 g/mol. The minimum absolute atomic E-state index is 0.102. The molecule has 1 N–H and O–H groups in total. The van der Waals surface area contributed by atoms with E-state index in [1.54, 1.807) is 12.1 Å². The molecule has 2 aliphatic heterocycles. The zero-order chi connectivity index (χ0) is 13.4. The Bertz CT molecular complexity index is 452.